The molecule has 0 saturated carbocycles. The molecule has 1 nitrogen and oxygen atoms in total. The molecule has 0 heterocycles. The van der Waals surface area contributed by atoms with E-state index in [4.69, 9.17) is 0 Å². The molecule has 1 aliphatic rings. The van der Waals surface area contributed by atoms with Crippen molar-refractivity contribution < 1.29 is 4.58 Å². The first-order chi connectivity index (χ1) is 20.4. The van der Waals surface area contributed by atoms with Gasteiger partial charge in [0.05, 0.1) is 0 Å². The highest BCUT2D eigenvalue weighted by Crippen LogP contribution is 2.37. The van der Waals surface area contributed by atoms with Gasteiger partial charge in [0, 0.05) is 30.5 Å². The topological polar surface area (TPSA) is 3.01 Å². The quantitative estimate of drug-likeness (QED) is 0.114. The predicted molar refractivity (Wildman–Crippen MR) is 190 cm³/mol. The maximum Gasteiger partial charge on any atom is 0.205 e. The first-order valence-electron chi connectivity index (χ1n) is 16.6. The van der Waals surface area contributed by atoms with Gasteiger partial charge in [-0.2, -0.15) is 4.58 Å². The molecule has 0 radical (unpaired) electrons. The number of benzene rings is 2. The molecular formula is C42H58N+. The zero-order valence-corrected chi connectivity index (χ0v) is 28.9. The molecular weight excluding hydrogens is 518 g/mol. The average Bonchev–Trinajstić information content (AvgIpc) is 2.99. The largest absolute Gasteiger partial charge is 0.205 e. The zero-order valence-electron chi connectivity index (χ0n) is 28.9. The summed E-state index contributed by atoms with van der Waals surface area (Å²) in [4.78, 5) is 0. The second kappa shape index (κ2) is 15.5. The summed E-state index contributed by atoms with van der Waals surface area (Å²) in [5.74, 6) is 3.56. The van der Waals surface area contributed by atoms with Crippen LogP contribution in [0.15, 0.2) is 90.2 Å². The lowest BCUT2D eigenvalue weighted by atomic mass is 9.72. The summed E-state index contributed by atoms with van der Waals surface area (Å²) < 4.78 is 2.15. The fraction of sp³-hybridized carbons (Fsp3) is 0.476. The van der Waals surface area contributed by atoms with E-state index in [1.165, 1.54) is 39.0 Å². The molecule has 0 aromatic heterocycles. The summed E-state index contributed by atoms with van der Waals surface area (Å²) in [6, 6.07) is 16.1. The standard InChI is InChI=1S/C42H58N/c1-13-15-39(25-32(8)42(14-2)43(12)41-23-29(5)22-30(6)24-41)37-20-17-36(18-21-37)26-40-27-38(28(3)4)19-16-31(7)33(9)34(10)35(40)11/h13,16-24,27-28,31,33-35,40,42H,8,12,14,25-26H2,1-7,9-11H3/q+1. The molecule has 6 unspecified atom stereocenters. The Hall–Kier alpha value is -3.15. The van der Waals surface area contributed by atoms with Gasteiger partial charge in [0.25, 0.3) is 0 Å². The maximum atomic E-state index is 4.56. The number of hydrogen-bond acceptors (Lipinski definition) is 0. The molecule has 43 heavy (non-hydrogen) atoms. The number of rotatable bonds is 10. The summed E-state index contributed by atoms with van der Waals surface area (Å²) in [5.41, 5.74) is 13.7. The Balaban J connectivity index is 1.83. The third-order valence-electron chi connectivity index (χ3n) is 10.1. The van der Waals surface area contributed by atoms with Gasteiger partial charge in [-0.05, 0) is 102 Å². The summed E-state index contributed by atoms with van der Waals surface area (Å²) in [6.45, 7) is 32.0. The van der Waals surface area contributed by atoms with Crippen molar-refractivity contribution in [2.45, 2.75) is 94.5 Å². The molecule has 0 saturated heterocycles. The van der Waals surface area contributed by atoms with E-state index in [9.17, 15) is 0 Å². The van der Waals surface area contributed by atoms with Gasteiger partial charge < -0.3 is 0 Å². The van der Waals surface area contributed by atoms with Gasteiger partial charge in [-0.25, -0.2) is 0 Å². The van der Waals surface area contributed by atoms with Crippen LogP contribution >= 0.6 is 0 Å². The minimum atomic E-state index is 0.155. The van der Waals surface area contributed by atoms with Crippen molar-refractivity contribution >= 4 is 18.0 Å². The van der Waals surface area contributed by atoms with Crippen molar-refractivity contribution in [1.29, 1.82) is 0 Å². The van der Waals surface area contributed by atoms with Crippen LogP contribution in [0, 0.1) is 49.4 Å². The average molecular weight is 577 g/mol. The van der Waals surface area contributed by atoms with E-state index in [1.807, 2.05) is 13.0 Å². The molecule has 0 amide bonds. The van der Waals surface area contributed by atoms with Gasteiger partial charge in [0.1, 0.15) is 6.72 Å². The van der Waals surface area contributed by atoms with Crippen LogP contribution in [0.25, 0.3) is 5.57 Å². The molecule has 1 aliphatic carbocycles. The van der Waals surface area contributed by atoms with Crippen LogP contribution in [0.2, 0.25) is 0 Å². The van der Waals surface area contributed by atoms with Crippen LogP contribution in [0.5, 0.6) is 0 Å². The summed E-state index contributed by atoms with van der Waals surface area (Å²) in [7, 11) is 0. The number of hydrogen-bond donors (Lipinski definition) is 0. The Morgan fingerprint density at radius 3 is 2.14 bits per heavy atom. The minimum Gasteiger partial charge on any atom is -0.199 e. The SMILES string of the molecule is C=C(CC(=C=CC)c1ccc(CC2C=C(C(C)C)C=CC(C)C(C)C(C)C2C)cc1)C(CC)[N+](=C)c1cc(C)cc(C)c1. The van der Waals surface area contributed by atoms with E-state index in [0.29, 0.717) is 35.5 Å². The lowest BCUT2D eigenvalue weighted by Crippen LogP contribution is -2.27. The van der Waals surface area contributed by atoms with Crippen LogP contribution in [0.1, 0.15) is 90.5 Å². The Morgan fingerprint density at radius 1 is 0.953 bits per heavy atom. The van der Waals surface area contributed by atoms with E-state index >= 15 is 0 Å². The van der Waals surface area contributed by atoms with Crippen molar-refractivity contribution in [2.75, 3.05) is 0 Å². The van der Waals surface area contributed by atoms with Crippen molar-refractivity contribution in [1.82, 2.24) is 0 Å². The van der Waals surface area contributed by atoms with E-state index in [-0.39, 0.29) is 6.04 Å². The minimum absolute atomic E-state index is 0.155. The Kier molecular flexibility index (Phi) is 12.4. The molecule has 6 atom stereocenters. The number of allylic oxidation sites excluding steroid dienone is 5. The van der Waals surface area contributed by atoms with Gasteiger partial charge in [0.15, 0.2) is 6.04 Å². The van der Waals surface area contributed by atoms with Gasteiger partial charge in [-0.15, -0.1) is 5.73 Å². The van der Waals surface area contributed by atoms with Crippen LogP contribution in [0.3, 0.4) is 0 Å². The molecule has 1 heteroatoms. The Labute approximate surface area is 264 Å². The highest BCUT2D eigenvalue weighted by Gasteiger charge is 2.29. The van der Waals surface area contributed by atoms with Gasteiger partial charge >= 0.3 is 0 Å². The van der Waals surface area contributed by atoms with Gasteiger partial charge in [-0.3, -0.25) is 0 Å². The monoisotopic (exact) mass is 576 g/mol. The smallest absolute Gasteiger partial charge is 0.199 e. The highest BCUT2D eigenvalue weighted by molar-refractivity contribution is 5.67. The zero-order chi connectivity index (χ0) is 31.8. The second-order valence-electron chi connectivity index (χ2n) is 13.7. The molecule has 2 aromatic carbocycles. The van der Waals surface area contributed by atoms with E-state index in [1.54, 1.807) is 0 Å². The third kappa shape index (κ3) is 8.93. The summed E-state index contributed by atoms with van der Waals surface area (Å²) in [5, 5.41) is 0. The van der Waals surface area contributed by atoms with Crippen LogP contribution in [0.4, 0.5) is 5.69 Å². The number of aryl methyl sites for hydroxylation is 2. The molecule has 0 fully saturated rings. The first kappa shape index (κ1) is 34.3. The van der Waals surface area contributed by atoms with Gasteiger partial charge in [0.2, 0.25) is 5.69 Å². The molecule has 2 aromatic rings. The van der Waals surface area contributed by atoms with Crippen LogP contribution in [-0.2, 0) is 6.42 Å². The predicted octanol–water partition coefficient (Wildman–Crippen LogP) is 11.5. The van der Waals surface area contributed by atoms with Gasteiger partial charge in [-0.1, -0.05) is 104 Å². The van der Waals surface area contributed by atoms with Crippen LogP contribution < -0.4 is 0 Å². The Morgan fingerprint density at radius 2 is 1.58 bits per heavy atom. The highest BCUT2D eigenvalue weighted by atomic mass is 15.0. The molecule has 0 aliphatic heterocycles. The van der Waals surface area contributed by atoms with Crippen molar-refractivity contribution in [3.05, 3.63) is 112 Å². The Bertz CT molecular complexity index is 1370. The van der Waals surface area contributed by atoms with Crippen molar-refractivity contribution in [3.8, 4) is 0 Å². The third-order valence-corrected chi connectivity index (χ3v) is 10.1. The molecule has 0 spiro atoms. The normalized spacial score (nSPS) is 23.0. The van der Waals surface area contributed by atoms with Crippen LogP contribution in [-0.4, -0.2) is 17.3 Å². The lowest BCUT2D eigenvalue weighted by molar-refractivity contribution is -0.466. The van der Waals surface area contributed by atoms with E-state index in [2.05, 4.69) is 147 Å². The summed E-state index contributed by atoms with van der Waals surface area (Å²) >= 11 is 0. The first-order valence-corrected chi connectivity index (χ1v) is 16.6. The molecule has 3 rings (SSSR count). The van der Waals surface area contributed by atoms with Crippen molar-refractivity contribution in [2.24, 2.45) is 35.5 Å². The van der Waals surface area contributed by atoms with E-state index < -0.39 is 0 Å². The second-order valence-corrected chi connectivity index (χ2v) is 13.7. The molecule has 0 N–H and O–H groups in total. The molecule has 0 bridgehead atoms. The summed E-state index contributed by atoms with van der Waals surface area (Å²) in [6.07, 6.45) is 12.3. The molecule has 230 valence electrons. The number of nitrogens with zero attached hydrogens (tertiary/aromatic N) is 1. The fourth-order valence-corrected chi connectivity index (χ4v) is 6.77. The lowest BCUT2D eigenvalue weighted by Gasteiger charge is -2.33. The van der Waals surface area contributed by atoms with Crippen molar-refractivity contribution in [3.63, 3.8) is 0 Å². The van der Waals surface area contributed by atoms with E-state index in [0.717, 1.165) is 24.9 Å². The fourth-order valence-electron chi connectivity index (χ4n) is 6.77. The maximum absolute atomic E-state index is 4.56.